The van der Waals surface area contributed by atoms with Gasteiger partial charge in [-0.25, -0.2) is 15.0 Å². The summed E-state index contributed by atoms with van der Waals surface area (Å²) >= 11 is 0. The second-order valence-electron chi connectivity index (χ2n) is 12.5. The fraction of sp³-hybridized carbons (Fsp3) is 0. The Kier molecular flexibility index (Phi) is 6.42. The number of fused-ring (bicyclic) bond motifs is 6. The van der Waals surface area contributed by atoms with Gasteiger partial charge in [0.1, 0.15) is 11.2 Å². The lowest BCUT2D eigenvalue weighted by atomic mass is 9.99. The van der Waals surface area contributed by atoms with E-state index in [1.807, 2.05) is 66.7 Å². The number of rotatable bonds is 5. The Morgan fingerprint density at radius 2 is 0.960 bits per heavy atom. The molecule has 3 heterocycles. The fourth-order valence-electron chi connectivity index (χ4n) is 7.14. The van der Waals surface area contributed by atoms with Gasteiger partial charge in [-0.15, -0.1) is 0 Å². The summed E-state index contributed by atoms with van der Waals surface area (Å²) in [6.07, 6.45) is 0. The van der Waals surface area contributed by atoms with Crippen LogP contribution in [0, 0.1) is 0 Å². The number of aromatic nitrogens is 4. The van der Waals surface area contributed by atoms with Crippen molar-refractivity contribution in [2.75, 3.05) is 0 Å². The van der Waals surface area contributed by atoms with Gasteiger partial charge >= 0.3 is 0 Å². The van der Waals surface area contributed by atoms with Gasteiger partial charge in [-0.05, 0) is 41.5 Å². The van der Waals surface area contributed by atoms with Crippen LogP contribution in [0.3, 0.4) is 0 Å². The summed E-state index contributed by atoms with van der Waals surface area (Å²) in [6, 6.07) is 58.5. The monoisotopic (exact) mass is 640 g/mol. The van der Waals surface area contributed by atoms with Crippen molar-refractivity contribution in [1.29, 1.82) is 0 Å². The van der Waals surface area contributed by atoms with Crippen LogP contribution in [0.5, 0.6) is 0 Å². The predicted molar refractivity (Wildman–Crippen MR) is 203 cm³/mol. The molecule has 0 radical (unpaired) electrons. The average molecular weight is 641 g/mol. The lowest BCUT2D eigenvalue weighted by Crippen LogP contribution is -2.00. The molecule has 0 N–H and O–H groups in total. The molecule has 0 unspecified atom stereocenters. The van der Waals surface area contributed by atoms with E-state index in [1.54, 1.807) is 0 Å². The zero-order chi connectivity index (χ0) is 33.0. The van der Waals surface area contributed by atoms with Gasteiger partial charge in [0.2, 0.25) is 0 Å². The molecule has 0 saturated heterocycles. The van der Waals surface area contributed by atoms with Crippen molar-refractivity contribution in [2.24, 2.45) is 0 Å². The Balaban J connectivity index is 1.18. The molecule has 5 nitrogen and oxygen atoms in total. The van der Waals surface area contributed by atoms with Crippen molar-refractivity contribution in [3.63, 3.8) is 0 Å². The molecule has 0 saturated carbocycles. The smallest absolute Gasteiger partial charge is 0.164 e. The first-order chi connectivity index (χ1) is 24.8. The van der Waals surface area contributed by atoms with Crippen LogP contribution in [-0.4, -0.2) is 19.5 Å². The Labute approximate surface area is 287 Å². The molecule has 50 heavy (non-hydrogen) atoms. The quantitative estimate of drug-likeness (QED) is 0.188. The second kappa shape index (κ2) is 11.4. The molecule has 10 aromatic rings. The minimum atomic E-state index is 0.623. The van der Waals surface area contributed by atoms with E-state index in [1.165, 1.54) is 16.5 Å². The standard InChI is InChI=1S/C45H28N4O/c1-4-13-29(14-5-1)34-20-12-22-40-42(34)37-26-24-33(28-41(37)50-40)49-38-21-11-10-19-35(38)36-25-23-32(27-39(36)49)45-47-43(30-15-6-2-7-16-30)46-44(48-45)31-17-8-3-9-18-31/h1-28H. The zero-order valence-electron chi connectivity index (χ0n) is 26.9. The summed E-state index contributed by atoms with van der Waals surface area (Å²) in [5.41, 5.74) is 10.1. The molecular weight excluding hydrogens is 613 g/mol. The average Bonchev–Trinajstić information content (AvgIpc) is 3.73. The summed E-state index contributed by atoms with van der Waals surface area (Å²) in [7, 11) is 0. The summed E-state index contributed by atoms with van der Waals surface area (Å²) in [5, 5.41) is 4.55. The highest BCUT2D eigenvalue weighted by molar-refractivity contribution is 6.14. The van der Waals surface area contributed by atoms with Gasteiger partial charge in [-0.3, -0.25) is 0 Å². The Bertz CT molecular complexity index is 2800. The first kappa shape index (κ1) is 28.2. The molecule has 0 spiro atoms. The lowest BCUT2D eigenvalue weighted by molar-refractivity contribution is 0.668. The molecule has 0 bridgehead atoms. The van der Waals surface area contributed by atoms with Crippen LogP contribution in [-0.2, 0) is 0 Å². The highest BCUT2D eigenvalue weighted by Crippen LogP contribution is 2.39. The van der Waals surface area contributed by atoms with E-state index >= 15 is 0 Å². The second-order valence-corrected chi connectivity index (χ2v) is 12.5. The zero-order valence-corrected chi connectivity index (χ0v) is 26.9. The molecule has 234 valence electrons. The maximum atomic E-state index is 6.54. The molecule has 10 rings (SSSR count). The number of benzene rings is 7. The number of hydrogen-bond donors (Lipinski definition) is 0. The summed E-state index contributed by atoms with van der Waals surface area (Å²) in [6.45, 7) is 0. The largest absolute Gasteiger partial charge is 0.456 e. The molecule has 7 aromatic carbocycles. The molecule has 0 aliphatic carbocycles. The van der Waals surface area contributed by atoms with Crippen molar-refractivity contribution >= 4 is 43.7 Å². The Hall–Kier alpha value is -6.85. The van der Waals surface area contributed by atoms with Gasteiger partial charge in [0, 0.05) is 50.0 Å². The number of hydrogen-bond acceptors (Lipinski definition) is 4. The highest BCUT2D eigenvalue weighted by Gasteiger charge is 2.18. The minimum Gasteiger partial charge on any atom is -0.456 e. The van der Waals surface area contributed by atoms with Gasteiger partial charge < -0.3 is 8.98 Å². The third-order valence-corrected chi connectivity index (χ3v) is 9.46. The van der Waals surface area contributed by atoms with Crippen LogP contribution in [0.4, 0.5) is 0 Å². The van der Waals surface area contributed by atoms with Crippen LogP contribution >= 0.6 is 0 Å². The van der Waals surface area contributed by atoms with Gasteiger partial charge in [-0.2, -0.15) is 0 Å². The summed E-state index contributed by atoms with van der Waals surface area (Å²) in [5.74, 6) is 1.90. The van der Waals surface area contributed by atoms with Crippen LogP contribution < -0.4 is 0 Å². The molecule has 0 aliphatic rings. The van der Waals surface area contributed by atoms with Crippen molar-refractivity contribution in [3.8, 4) is 51.0 Å². The maximum Gasteiger partial charge on any atom is 0.164 e. The maximum absolute atomic E-state index is 6.54. The molecule has 5 heteroatoms. The van der Waals surface area contributed by atoms with Gasteiger partial charge in [0.05, 0.1) is 11.0 Å². The first-order valence-corrected chi connectivity index (χ1v) is 16.7. The molecule has 0 fully saturated rings. The number of furan rings is 1. The van der Waals surface area contributed by atoms with Crippen LogP contribution in [0.2, 0.25) is 0 Å². The van der Waals surface area contributed by atoms with E-state index in [0.29, 0.717) is 17.5 Å². The highest BCUT2D eigenvalue weighted by atomic mass is 16.3. The van der Waals surface area contributed by atoms with E-state index in [2.05, 4.69) is 108 Å². The summed E-state index contributed by atoms with van der Waals surface area (Å²) < 4.78 is 8.86. The van der Waals surface area contributed by atoms with Crippen molar-refractivity contribution in [3.05, 3.63) is 170 Å². The minimum absolute atomic E-state index is 0.623. The fourth-order valence-corrected chi connectivity index (χ4v) is 7.14. The van der Waals surface area contributed by atoms with E-state index in [-0.39, 0.29) is 0 Å². The first-order valence-electron chi connectivity index (χ1n) is 16.7. The number of para-hydroxylation sites is 1. The molecule has 0 aliphatic heterocycles. The lowest BCUT2D eigenvalue weighted by Gasteiger charge is -2.10. The molecule has 0 amide bonds. The predicted octanol–water partition coefficient (Wildman–Crippen LogP) is 11.5. The van der Waals surface area contributed by atoms with E-state index in [0.717, 1.165) is 60.7 Å². The van der Waals surface area contributed by atoms with Gasteiger partial charge in [0.25, 0.3) is 0 Å². The van der Waals surface area contributed by atoms with Crippen LogP contribution in [0.25, 0.3) is 94.7 Å². The molecule has 0 atom stereocenters. The van der Waals surface area contributed by atoms with Crippen LogP contribution in [0.1, 0.15) is 0 Å². The van der Waals surface area contributed by atoms with Gasteiger partial charge in [-0.1, -0.05) is 133 Å². The van der Waals surface area contributed by atoms with Crippen molar-refractivity contribution < 1.29 is 4.42 Å². The van der Waals surface area contributed by atoms with Crippen molar-refractivity contribution in [1.82, 2.24) is 19.5 Å². The molecular formula is C45H28N4O. The Morgan fingerprint density at radius 3 is 1.66 bits per heavy atom. The van der Waals surface area contributed by atoms with Crippen LogP contribution in [0.15, 0.2) is 174 Å². The molecule has 3 aromatic heterocycles. The normalized spacial score (nSPS) is 11.6. The van der Waals surface area contributed by atoms with E-state index in [9.17, 15) is 0 Å². The van der Waals surface area contributed by atoms with E-state index in [4.69, 9.17) is 19.4 Å². The van der Waals surface area contributed by atoms with Crippen molar-refractivity contribution in [2.45, 2.75) is 0 Å². The third kappa shape index (κ3) is 4.60. The summed E-state index contributed by atoms with van der Waals surface area (Å²) in [4.78, 5) is 14.9. The third-order valence-electron chi connectivity index (χ3n) is 9.46. The Morgan fingerprint density at radius 1 is 0.380 bits per heavy atom. The topological polar surface area (TPSA) is 56.7 Å². The van der Waals surface area contributed by atoms with Gasteiger partial charge in [0.15, 0.2) is 17.5 Å². The SMILES string of the molecule is c1ccc(-c2nc(-c3ccccc3)nc(-c3ccc4c5ccccc5n(-c5ccc6c(c5)oc5cccc(-c7ccccc7)c56)c4c3)n2)cc1. The number of nitrogens with zero attached hydrogens (tertiary/aromatic N) is 4. The van der Waals surface area contributed by atoms with E-state index < -0.39 is 0 Å².